The van der Waals surface area contributed by atoms with Gasteiger partial charge in [0, 0.05) is 5.75 Å². The van der Waals surface area contributed by atoms with Gasteiger partial charge in [0.1, 0.15) is 12.4 Å². The van der Waals surface area contributed by atoms with Crippen LogP contribution in [0.2, 0.25) is 0 Å². The van der Waals surface area contributed by atoms with Crippen LogP contribution in [0.3, 0.4) is 0 Å². The van der Waals surface area contributed by atoms with E-state index >= 15 is 0 Å². The number of para-hydroxylation sites is 1. The number of ether oxygens (including phenoxy) is 2. The number of esters is 1. The Morgan fingerprint density at radius 3 is 2.50 bits per heavy atom. The van der Waals surface area contributed by atoms with Gasteiger partial charge in [0.2, 0.25) is 0 Å². The van der Waals surface area contributed by atoms with Gasteiger partial charge in [-0.05, 0) is 31.2 Å². The number of hydrogen-bond acceptors (Lipinski definition) is 4. The van der Waals surface area contributed by atoms with E-state index in [-0.39, 0.29) is 5.97 Å². The normalized spacial score (nSPS) is 10.2. The van der Waals surface area contributed by atoms with Crippen molar-refractivity contribution in [2.24, 2.45) is 0 Å². The van der Waals surface area contributed by atoms with E-state index in [2.05, 4.69) is 0 Å². The summed E-state index contributed by atoms with van der Waals surface area (Å²) in [5, 5.41) is 0. The number of aryl methyl sites for hydroxylation is 2. The topological polar surface area (TPSA) is 35.5 Å². The van der Waals surface area contributed by atoms with Crippen LogP contribution in [0, 0.1) is 13.8 Å². The van der Waals surface area contributed by atoms with Gasteiger partial charge in [-0.15, -0.1) is 0 Å². The third-order valence-corrected chi connectivity index (χ3v) is 3.09. The van der Waals surface area contributed by atoms with Crippen molar-refractivity contribution in [3.63, 3.8) is 0 Å². The summed E-state index contributed by atoms with van der Waals surface area (Å²) in [6.07, 6.45) is 2.28. The number of carbonyl (C=O) groups is 1. The molecular formula is C14H20O3S. The molecule has 1 aromatic rings. The second kappa shape index (κ2) is 8.03. The molecule has 0 N–H and O–H groups in total. The van der Waals surface area contributed by atoms with Gasteiger partial charge in [-0.3, -0.25) is 4.79 Å². The van der Waals surface area contributed by atoms with Gasteiger partial charge in [0.25, 0.3) is 0 Å². The van der Waals surface area contributed by atoms with E-state index in [1.807, 2.05) is 38.3 Å². The van der Waals surface area contributed by atoms with Crippen LogP contribution < -0.4 is 4.74 Å². The molecule has 0 saturated carbocycles. The molecule has 3 nitrogen and oxygen atoms in total. The van der Waals surface area contributed by atoms with Crippen LogP contribution in [0.5, 0.6) is 5.75 Å². The molecule has 0 amide bonds. The van der Waals surface area contributed by atoms with Crippen molar-refractivity contribution >= 4 is 17.7 Å². The molecule has 0 fully saturated rings. The van der Waals surface area contributed by atoms with Crippen LogP contribution in [-0.2, 0) is 9.53 Å². The lowest BCUT2D eigenvalue weighted by Crippen LogP contribution is -2.12. The molecule has 0 aromatic heterocycles. The van der Waals surface area contributed by atoms with Crippen molar-refractivity contribution in [3.8, 4) is 5.75 Å². The van der Waals surface area contributed by atoms with Crippen molar-refractivity contribution in [1.82, 2.24) is 0 Å². The highest BCUT2D eigenvalue weighted by atomic mass is 32.2. The summed E-state index contributed by atoms with van der Waals surface area (Å²) < 4.78 is 10.7. The Bertz CT molecular complexity index is 370. The van der Waals surface area contributed by atoms with Crippen LogP contribution in [-0.4, -0.2) is 31.2 Å². The largest absolute Gasteiger partial charge is 0.492 e. The zero-order chi connectivity index (χ0) is 13.4. The van der Waals surface area contributed by atoms with Gasteiger partial charge in [-0.2, -0.15) is 11.8 Å². The second-order valence-electron chi connectivity index (χ2n) is 4.03. The third kappa shape index (κ3) is 5.00. The standard InChI is InChI=1S/C14H20O3S/c1-11-5-4-6-12(2)14(11)17-8-7-13(15)16-9-10-18-3/h4-6H,7-10H2,1-3H3. The molecule has 1 aromatic carbocycles. The summed E-state index contributed by atoms with van der Waals surface area (Å²) in [5.74, 6) is 1.51. The Morgan fingerprint density at radius 1 is 1.22 bits per heavy atom. The Balaban J connectivity index is 2.31. The molecule has 0 bridgehead atoms. The van der Waals surface area contributed by atoms with E-state index in [1.165, 1.54) is 0 Å². The van der Waals surface area contributed by atoms with Gasteiger partial charge in [-0.25, -0.2) is 0 Å². The summed E-state index contributed by atoms with van der Waals surface area (Å²) in [4.78, 5) is 11.4. The number of rotatable bonds is 7. The molecule has 0 spiro atoms. The van der Waals surface area contributed by atoms with E-state index in [9.17, 15) is 4.79 Å². The van der Waals surface area contributed by atoms with Gasteiger partial charge in [-0.1, -0.05) is 18.2 Å². The zero-order valence-electron chi connectivity index (χ0n) is 11.2. The van der Waals surface area contributed by atoms with Crippen LogP contribution in [0.25, 0.3) is 0 Å². The average Bonchev–Trinajstić information content (AvgIpc) is 2.33. The maximum absolute atomic E-state index is 11.4. The number of thioether (sulfide) groups is 1. The van der Waals surface area contributed by atoms with Crippen LogP contribution in [0.15, 0.2) is 18.2 Å². The Hall–Kier alpha value is -1.16. The third-order valence-electron chi connectivity index (χ3n) is 2.51. The summed E-state index contributed by atoms with van der Waals surface area (Å²) in [7, 11) is 0. The molecule has 1 rings (SSSR count). The maximum atomic E-state index is 11.4. The highest BCUT2D eigenvalue weighted by molar-refractivity contribution is 7.98. The molecule has 0 aliphatic heterocycles. The molecule has 0 heterocycles. The van der Waals surface area contributed by atoms with Crippen LogP contribution in [0.4, 0.5) is 0 Å². The maximum Gasteiger partial charge on any atom is 0.309 e. The number of benzene rings is 1. The Kier molecular flexibility index (Phi) is 6.65. The smallest absolute Gasteiger partial charge is 0.309 e. The van der Waals surface area contributed by atoms with Crippen LogP contribution >= 0.6 is 11.8 Å². The van der Waals surface area contributed by atoms with Crippen molar-refractivity contribution in [2.45, 2.75) is 20.3 Å². The van der Waals surface area contributed by atoms with Gasteiger partial charge < -0.3 is 9.47 Å². The zero-order valence-corrected chi connectivity index (χ0v) is 12.0. The molecule has 0 radical (unpaired) electrons. The first kappa shape index (κ1) is 14.9. The first-order valence-corrected chi connectivity index (χ1v) is 7.38. The predicted octanol–water partition coefficient (Wildman–Crippen LogP) is 2.98. The summed E-state index contributed by atoms with van der Waals surface area (Å²) in [5.41, 5.74) is 2.18. The first-order chi connectivity index (χ1) is 8.65. The number of hydrogen-bond donors (Lipinski definition) is 0. The minimum Gasteiger partial charge on any atom is -0.492 e. The molecule has 100 valence electrons. The Morgan fingerprint density at radius 2 is 1.89 bits per heavy atom. The minimum absolute atomic E-state index is 0.199. The fraction of sp³-hybridized carbons (Fsp3) is 0.500. The van der Waals surface area contributed by atoms with Crippen LogP contribution in [0.1, 0.15) is 17.5 Å². The highest BCUT2D eigenvalue weighted by Gasteiger charge is 2.06. The Labute approximate surface area is 113 Å². The monoisotopic (exact) mass is 268 g/mol. The first-order valence-electron chi connectivity index (χ1n) is 5.98. The quantitative estimate of drug-likeness (QED) is 0.562. The molecule has 0 saturated heterocycles. The molecule has 0 atom stereocenters. The van der Waals surface area contributed by atoms with Crippen molar-refractivity contribution in [3.05, 3.63) is 29.3 Å². The lowest BCUT2D eigenvalue weighted by Gasteiger charge is -2.11. The average molecular weight is 268 g/mol. The predicted molar refractivity (Wildman–Crippen MR) is 75.4 cm³/mol. The highest BCUT2D eigenvalue weighted by Crippen LogP contribution is 2.22. The molecule has 0 unspecified atom stereocenters. The lowest BCUT2D eigenvalue weighted by atomic mass is 10.1. The molecule has 18 heavy (non-hydrogen) atoms. The second-order valence-corrected chi connectivity index (χ2v) is 5.02. The molecule has 0 aliphatic carbocycles. The lowest BCUT2D eigenvalue weighted by molar-refractivity contribution is -0.143. The van der Waals surface area contributed by atoms with Gasteiger partial charge in [0.05, 0.1) is 13.0 Å². The van der Waals surface area contributed by atoms with Crippen molar-refractivity contribution in [2.75, 3.05) is 25.2 Å². The minimum atomic E-state index is -0.199. The van der Waals surface area contributed by atoms with Gasteiger partial charge >= 0.3 is 5.97 Å². The van der Waals surface area contributed by atoms with E-state index in [1.54, 1.807) is 11.8 Å². The van der Waals surface area contributed by atoms with E-state index in [0.29, 0.717) is 19.6 Å². The number of carbonyl (C=O) groups excluding carboxylic acids is 1. The van der Waals surface area contributed by atoms with E-state index in [4.69, 9.17) is 9.47 Å². The van der Waals surface area contributed by atoms with Crippen molar-refractivity contribution < 1.29 is 14.3 Å². The van der Waals surface area contributed by atoms with Crippen molar-refractivity contribution in [1.29, 1.82) is 0 Å². The van der Waals surface area contributed by atoms with Gasteiger partial charge in [0.15, 0.2) is 0 Å². The summed E-state index contributed by atoms with van der Waals surface area (Å²) >= 11 is 1.66. The fourth-order valence-electron chi connectivity index (χ4n) is 1.57. The summed E-state index contributed by atoms with van der Waals surface area (Å²) in [6, 6.07) is 5.99. The SMILES string of the molecule is CSCCOC(=O)CCOc1c(C)cccc1C. The summed E-state index contributed by atoms with van der Waals surface area (Å²) in [6.45, 7) is 4.84. The molecule has 0 aliphatic rings. The molecule has 4 heteroatoms. The fourth-order valence-corrected chi connectivity index (χ4v) is 1.82. The van der Waals surface area contributed by atoms with E-state index < -0.39 is 0 Å². The van der Waals surface area contributed by atoms with E-state index in [0.717, 1.165) is 22.6 Å². The molecular weight excluding hydrogens is 248 g/mol.